The Hall–Kier alpha value is -2.90. The van der Waals surface area contributed by atoms with E-state index in [1.54, 1.807) is 6.21 Å². The van der Waals surface area contributed by atoms with Crippen LogP contribution in [-0.4, -0.2) is 17.1 Å². The second kappa shape index (κ2) is 9.34. The van der Waals surface area contributed by atoms with Crippen molar-refractivity contribution in [3.05, 3.63) is 75.3 Å². The van der Waals surface area contributed by atoms with E-state index >= 15 is 0 Å². The Morgan fingerprint density at radius 1 is 1.32 bits per heavy atom. The number of aromatic nitrogens is 1. The van der Waals surface area contributed by atoms with E-state index in [0.29, 0.717) is 39.5 Å². The van der Waals surface area contributed by atoms with E-state index in [9.17, 15) is 4.79 Å². The highest BCUT2D eigenvalue weighted by Gasteiger charge is 2.15. The fourth-order valence-corrected chi connectivity index (χ4v) is 3.37. The van der Waals surface area contributed by atoms with Gasteiger partial charge in [-0.3, -0.25) is 4.79 Å². The predicted octanol–water partition coefficient (Wildman–Crippen LogP) is 4.28. The molecule has 1 amide bonds. The van der Waals surface area contributed by atoms with E-state index in [2.05, 4.69) is 15.5 Å². The summed E-state index contributed by atoms with van der Waals surface area (Å²) in [5, 5.41) is 5.08. The van der Waals surface area contributed by atoms with E-state index in [-0.39, 0.29) is 5.91 Å². The highest BCUT2D eigenvalue weighted by Crippen LogP contribution is 2.20. The maximum Gasteiger partial charge on any atom is 0.283 e. The fraction of sp³-hybridized carbons (Fsp3) is 0.150. The Morgan fingerprint density at radius 3 is 2.86 bits per heavy atom. The summed E-state index contributed by atoms with van der Waals surface area (Å²) in [5.74, 6) is 0.381. The lowest BCUT2D eigenvalue weighted by atomic mass is 10.2. The van der Waals surface area contributed by atoms with Crippen molar-refractivity contribution in [3.63, 3.8) is 0 Å². The van der Waals surface area contributed by atoms with Crippen molar-refractivity contribution in [1.29, 1.82) is 0 Å². The summed E-state index contributed by atoms with van der Waals surface area (Å²) in [6.07, 6.45) is 2.19. The molecule has 28 heavy (non-hydrogen) atoms. The van der Waals surface area contributed by atoms with Crippen molar-refractivity contribution in [3.8, 4) is 5.75 Å². The largest absolute Gasteiger partial charge is 0.489 e. The van der Waals surface area contributed by atoms with Gasteiger partial charge in [0.2, 0.25) is 0 Å². The zero-order chi connectivity index (χ0) is 19.9. The zero-order valence-electron chi connectivity index (χ0n) is 15.2. The first kappa shape index (κ1) is 19.9. The van der Waals surface area contributed by atoms with Crippen molar-refractivity contribution in [2.24, 2.45) is 5.10 Å². The molecule has 0 fully saturated rings. The molecule has 0 aliphatic heterocycles. The molecule has 0 bridgehead atoms. The quantitative estimate of drug-likeness (QED) is 0.446. The van der Waals surface area contributed by atoms with Crippen LogP contribution < -0.4 is 15.9 Å². The standard InChI is InChI=1S/C20H19ClN4O2S/c1-2-17-18(28-20(22)24-17)19(26)25-23-11-14-4-3-5-16(10-14)27-12-13-6-8-15(21)9-7-13/h3-11H,2,12H2,1H3,(H2,22,24)(H,25,26)/b23-11+. The number of benzene rings is 2. The fourth-order valence-electron chi connectivity index (χ4n) is 2.44. The normalized spacial score (nSPS) is 10.9. The van der Waals surface area contributed by atoms with Crippen LogP contribution in [0.3, 0.4) is 0 Å². The number of hydrogen-bond donors (Lipinski definition) is 2. The molecule has 3 aromatic rings. The van der Waals surface area contributed by atoms with Gasteiger partial charge in [0, 0.05) is 5.02 Å². The maximum absolute atomic E-state index is 12.2. The topological polar surface area (TPSA) is 89.6 Å². The highest BCUT2D eigenvalue weighted by molar-refractivity contribution is 7.17. The number of aryl methyl sites for hydroxylation is 1. The Kier molecular flexibility index (Phi) is 6.62. The minimum Gasteiger partial charge on any atom is -0.489 e. The number of anilines is 1. The maximum atomic E-state index is 12.2. The van der Waals surface area contributed by atoms with Gasteiger partial charge in [-0.1, -0.05) is 54.1 Å². The molecule has 0 saturated carbocycles. The Labute approximate surface area is 172 Å². The van der Waals surface area contributed by atoms with Crippen molar-refractivity contribution < 1.29 is 9.53 Å². The molecule has 2 aromatic carbocycles. The molecule has 0 unspecified atom stereocenters. The van der Waals surface area contributed by atoms with Crippen LogP contribution in [0.1, 0.15) is 33.4 Å². The van der Waals surface area contributed by atoms with Crippen LogP contribution in [0.2, 0.25) is 5.02 Å². The van der Waals surface area contributed by atoms with Crippen LogP contribution >= 0.6 is 22.9 Å². The summed E-state index contributed by atoms with van der Waals surface area (Å²) in [6.45, 7) is 2.35. The van der Waals surface area contributed by atoms with Gasteiger partial charge in [-0.25, -0.2) is 10.4 Å². The molecule has 6 nitrogen and oxygen atoms in total. The molecule has 0 atom stereocenters. The number of nitrogens with two attached hydrogens (primary N) is 1. The number of ether oxygens (including phenoxy) is 1. The van der Waals surface area contributed by atoms with Gasteiger partial charge < -0.3 is 10.5 Å². The van der Waals surface area contributed by atoms with Crippen LogP contribution in [-0.2, 0) is 13.0 Å². The van der Waals surface area contributed by atoms with Crippen LogP contribution in [0.25, 0.3) is 0 Å². The molecule has 3 rings (SSSR count). The average molecular weight is 415 g/mol. The highest BCUT2D eigenvalue weighted by atomic mass is 35.5. The van der Waals surface area contributed by atoms with Gasteiger partial charge in [0.05, 0.1) is 11.9 Å². The number of hydrazone groups is 1. The minimum atomic E-state index is -0.322. The summed E-state index contributed by atoms with van der Waals surface area (Å²) in [6, 6.07) is 14.9. The first-order valence-corrected chi connectivity index (χ1v) is 9.80. The Balaban J connectivity index is 1.59. The van der Waals surface area contributed by atoms with Crippen LogP contribution in [0, 0.1) is 0 Å². The molecule has 0 spiro atoms. The summed E-state index contributed by atoms with van der Waals surface area (Å²) >= 11 is 7.04. The van der Waals surface area contributed by atoms with Crippen molar-refractivity contribution in [2.45, 2.75) is 20.0 Å². The molecule has 144 valence electrons. The first-order chi connectivity index (χ1) is 13.5. The number of nitrogen functional groups attached to an aromatic ring is 1. The number of thiazole rings is 1. The number of nitrogens with zero attached hydrogens (tertiary/aromatic N) is 2. The predicted molar refractivity (Wildman–Crippen MR) is 113 cm³/mol. The molecule has 0 aliphatic rings. The molecule has 3 N–H and O–H groups in total. The summed E-state index contributed by atoms with van der Waals surface area (Å²) in [5.41, 5.74) is 10.7. The van der Waals surface area contributed by atoms with E-state index in [0.717, 1.165) is 22.5 Å². The number of carbonyl (C=O) groups excluding carboxylic acids is 1. The lowest BCUT2D eigenvalue weighted by molar-refractivity contribution is 0.0958. The molecule has 0 saturated heterocycles. The summed E-state index contributed by atoms with van der Waals surface area (Å²) in [7, 11) is 0. The number of nitrogens with one attached hydrogen (secondary N) is 1. The number of hydrogen-bond acceptors (Lipinski definition) is 6. The lowest BCUT2D eigenvalue weighted by Crippen LogP contribution is -2.17. The van der Waals surface area contributed by atoms with E-state index in [1.807, 2.05) is 55.5 Å². The van der Waals surface area contributed by atoms with Gasteiger partial charge in [0.15, 0.2) is 5.13 Å². The average Bonchev–Trinajstić information content (AvgIpc) is 3.09. The van der Waals surface area contributed by atoms with Gasteiger partial charge in [0.1, 0.15) is 17.2 Å². The van der Waals surface area contributed by atoms with E-state index in [1.165, 1.54) is 0 Å². The molecule has 1 aromatic heterocycles. The van der Waals surface area contributed by atoms with Crippen LogP contribution in [0.5, 0.6) is 5.75 Å². The second-order valence-electron chi connectivity index (χ2n) is 5.87. The second-order valence-corrected chi connectivity index (χ2v) is 7.34. The molecule has 0 radical (unpaired) electrons. The van der Waals surface area contributed by atoms with E-state index in [4.69, 9.17) is 22.1 Å². The zero-order valence-corrected chi connectivity index (χ0v) is 16.8. The number of amides is 1. The lowest BCUT2D eigenvalue weighted by Gasteiger charge is -2.07. The molecular formula is C20H19ClN4O2S. The summed E-state index contributed by atoms with van der Waals surface area (Å²) in [4.78, 5) is 16.9. The number of rotatable bonds is 7. The molecule has 0 aliphatic carbocycles. The van der Waals surface area contributed by atoms with Crippen molar-refractivity contribution >= 4 is 40.2 Å². The number of halogens is 1. The molecular weight excluding hydrogens is 396 g/mol. The van der Waals surface area contributed by atoms with Crippen molar-refractivity contribution in [2.75, 3.05) is 5.73 Å². The summed E-state index contributed by atoms with van der Waals surface area (Å²) < 4.78 is 5.79. The van der Waals surface area contributed by atoms with Gasteiger partial charge in [-0.2, -0.15) is 5.10 Å². The molecule has 1 heterocycles. The van der Waals surface area contributed by atoms with Gasteiger partial charge >= 0.3 is 0 Å². The van der Waals surface area contributed by atoms with Gasteiger partial charge in [-0.15, -0.1) is 0 Å². The smallest absolute Gasteiger partial charge is 0.283 e. The third kappa shape index (κ3) is 5.31. The van der Waals surface area contributed by atoms with E-state index < -0.39 is 0 Å². The van der Waals surface area contributed by atoms with Crippen LogP contribution in [0.4, 0.5) is 5.13 Å². The third-order valence-corrected chi connectivity index (χ3v) is 4.99. The van der Waals surface area contributed by atoms with Crippen molar-refractivity contribution in [1.82, 2.24) is 10.4 Å². The third-order valence-electron chi connectivity index (χ3n) is 3.81. The number of carbonyl (C=O) groups is 1. The Bertz CT molecular complexity index is 986. The van der Waals surface area contributed by atoms with Gasteiger partial charge in [0.25, 0.3) is 5.91 Å². The van der Waals surface area contributed by atoms with Crippen LogP contribution in [0.15, 0.2) is 53.6 Å². The first-order valence-electron chi connectivity index (χ1n) is 8.61. The monoisotopic (exact) mass is 414 g/mol. The minimum absolute atomic E-state index is 0.322. The Morgan fingerprint density at radius 2 is 2.11 bits per heavy atom. The molecule has 8 heteroatoms. The van der Waals surface area contributed by atoms with Gasteiger partial charge in [-0.05, 0) is 41.8 Å². The SMILES string of the molecule is CCc1nc(N)sc1C(=O)N/N=C/c1cccc(OCc2ccc(Cl)cc2)c1.